The number of aliphatic hydroxyl groups excluding tert-OH is 1. The molecule has 1 heterocycles. The van der Waals surface area contributed by atoms with E-state index in [2.05, 4.69) is 15.6 Å². The zero-order valence-corrected chi connectivity index (χ0v) is 11.5. The quantitative estimate of drug-likeness (QED) is 0.889. The molecule has 2 aromatic rings. The molecular weight excluding hydrogens is 309 g/mol. The van der Waals surface area contributed by atoms with Gasteiger partial charge in [-0.15, -0.1) is 5.10 Å². The van der Waals surface area contributed by atoms with Crippen molar-refractivity contribution in [2.75, 3.05) is 11.9 Å². The highest BCUT2D eigenvalue weighted by Gasteiger charge is 2.33. The largest absolute Gasteiger partial charge is 0.417 e. The Kier molecular flexibility index (Phi) is 4.69. The molecule has 0 radical (unpaired) electrons. The van der Waals surface area contributed by atoms with Gasteiger partial charge in [0.05, 0.1) is 36.5 Å². The molecule has 0 unspecified atom stereocenters. The van der Waals surface area contributed by atoms with Gasteiger partial charge < -0.3 is 10.4 Å². The van der Waals surface area contributed by atoms with E-state index >= 15 is 0 Å². The molecule has 21 heavy (non-hydrogen) atoms. The third-order valence-corrected chi connectivity index (χ3v) is 2.99. The van der Waals surface area contributed by atoms with Gasteiger partial charge in [-0.1, -0.05) is 16.8 Å². The number of alkyl halides is 3. The van der Waals surface area contributed by atoms with Gasteiger partial charge >= 0.3 is 6.18 Å². The standard InChI is InChI=1S/C12H12ClF3N4O/c13-11-2-1-8(5-10(11)12(14,15)16)17-6-9-7-20(3-4-21)19-18-9/h1-2,5,7,17,21H,3-4,6H2. The van der Waals surface area contributed by atoms with Crippen molar-refractivity contribution in [3.8, 4) is 0 Å². The second kappa shape index (κ2) is 6.31. The summed E-state index contributed by atoms with van der Waals surface area (Å²) in [5, 5.41) is 18.8. The van der Waals surface area contributed by atoms with Crippen molar-refractivity contribution in [1.82, 2.24) is 15.0 Å². The highest BCUT2D eigenvalue weighted by atomic mass is 35.5. The monoisotopic (exact) mass is 320 g/mol. The lowest BCUT2D eigenvalue weighted by molar-refractivity contribution is -0.137. The van der Waals surface area contributed by atoms with Gasteiger partial charge in [0.25, 0.3) is 0 Å². The van der Waals surface area contributed by atoms with Crippen LogP contribution in [0.4, 0.5) is 18.9 Å². The smallest absolute Gasteiger partial charge is 0.394 e. The fourth-order valence-corrected chi connectivity index (χ4v) is 1.90. The minimum absolute atomic E-state index is 0.0671. The maximum Gasteiger partial charge on any atom is 0.417 e. The number of aliphatic hydroxyl groups is 1. The second-order valence-corrected chi connectivity index (χ2v) is 4.65. The predicted molar refractivity (Wildman–Crippen MR) is 70.9 cm³/mol. The topological polar surface area (TPSA) is 63.0 Å². The van der Waals surface area contributed by atoms with Crippen LogP contribution in [0.3, 0.4) is 0 Å². The van der Waals surface area contributed by atoms with Crippen molar-refractivity contribution >= 4 is 17.3 Å². The summed E-state index contributed by atoms with van der Waals surface area (Å²) in [6.45, 7) is 0.457. The Morgan fingerprint density at radius 3 is 2.76 bits per heavy atom. The third kappa shape index (κ3) is 4.08. The van der Waals surface area contributed by atoms with Crippen LogP contribution in [-0.2, 0) is 19.3 Å². The van der Waals surface area contributed by atoms with Crippen LogP contribution in [0.1, 0.15) is 11.3 Å². The van der Waals surface area contributed by atoms with E-state index in [1.165, 1.54) is 16.8 Å². The Balaban J connectivity index is 2.06. The Morgan fingerprint density at radius 2 is 2.10 bits per heavy atom. The number of hydrogen-bond acceptors (Lipinski definition) is 4. The molecule has 2 N–H and O–H groups in total. The maximum absolute atomic E-state index is 12.7. The summed E-state index contributed by atoms with van der Waals surface area (Å²) >= 11 is 5.54. The molecule has 0 amide bonds. The van der Waals surface area contributed by atoms with E-state index in [0.717, 1.165) is 6.07 Å². The Labute approximate surface area is 123 Å². The first kappa shape index (κ1) is 15.6. The molecule has 114 valence electrons. The average molecular weight is 321 g/mol. The maximum atomic E-state index is 12.7. The third-order valence-electron chi connectivity index (χ3n) is 2.66. The van der Waals surface area contributed by atoms with Crippen molar-refractivity contribution in [2.45, 2.75) is 19.3 Å². The summed E-state index contributed by atoms with van der Waals surface area (Å²) in [5.74, 6) is 0. The zero-order chi connectivity index (χ0) is 15.5. The number of nitrogens with one attached hydrogen (secondary N) is 1. The van der Waals surface area contributed by atoms with E-state index in [9.17, 15) is 13.2 Å². The van der Waals surface area contributed by atoms with E-state index in [4.69, 9.17) is 16.7 Å². The summed E-state index contributed by atoms with van der Waals surface area (Å²) in [6.07, 6.45) is -2.90. The van der Waals surface area contributed by atoms with E-state index in [1.54, 1.807) is 6.20 Å². The van der Waals surface area contributed by atoms with Gasteiger partial charge in [0.2, 0.25) is 0 Å². The first-order chi connectivity index (χ1) is 9.90. The molecule has 2 rings (SSSR count). The molecule has 0 aliphatic rings. The van der Waals surface area contributed by atoms with Crippen LogP contribution in [0.25, 0.3) is 0 Å². The molecule has 0 aliphatic carbocycles. The number of rotatable bonds is 5. The Morgan fingerprint density at radius 1 is 1.33 bits per heavy atom. The van der Waals surface area contributed by atoms with Gasteiger partial charge in [0, 0.05) is 5.69 Å². The molecule has 0 bridgehead atoms. The van der Waals surface area contributed by atoms with Crippen LogP contribution < -0.4 is 5.32 Å². The Hall–Kier alpha value is -1.80. The first-order valence-electron chi connectivity index (χ1n) is 6.00. The average Bonchev–Trinajstić information content (AvgIpc) is 2.85. The lowest BCUT2D eigenvalue weighted by atomic mass is 10.2. The van der Waals surface area contributed by atoms with Crippen LogP contribution >= 0.6 is 11.6 Å². The van der Waals surface area contributed by atoms with Crippen LogP contribution in [0.5, 0.6) is 0 Å². The van der Waals surface area contributed by atoms with Gasteiger partial charge in [-0.05, 0) is 18.2 Å². The van der Waals surface area contributed by atoms with Crippen molar-refractivity contribution < 1.29 is 18.3 Å². The molecule has 0 saturated carbocycles. The lowest BCUT2D eigenvalue weighted by Gasteiger charge is -2.11. The van der Waals surface area contributed by atoms with E-state index in [1.807, 2.05) is 0 Å². The molecule has 1 aromatic heterocycles. The van der Waals surface area contributed by atoms with Gasteiger partial charge in [-0.2, -0.15) is 13.2 Å². The molecule has 5 nitrogen and oxygen atoms in total. The van der Waals surface area contributed by atoms with E-state index < -0.39 is 11.7 Å². The summed E-state index contributed by atoms with van der Waals surface area (Å²) in [4.78, 5) is 0. The molecule has 1 aromatic carbocycles. The fraction of sp³-hybridized carbons (Fsp3) is 0.333. The minimum Gasteiger partial charge on any atom is -0.394 e. The highest BCUT2D eigenvalue weighted by molar-refractivity contribution is 6.31. The van der Waals surface area contributed by atoms with Gasteiger partial charge in [0.15, 0.2) is 0 Å². The summed E-state index contributed by atoms with van der Waals surface area (Å²) < 4.78 is 39.6. The fourth-order valence-electron chi connectivity index (χ4n) is 1.68. The predicted octanol–water partition coefficient (Wildman–Crippen LogP) is 2.55. The summed E-state index contributed by atoms with van der Waals surface area (Å²) in [7, 11) is 0. The van der Waals surface area contributed by atoms with Crippen molar-refractivity contribution in [3.05, 3.63) is 40.7 Å². The molecular formula is C12H12ClF3N4O. The summed E-state index contributed by atoms with van der Waals surface area (Å²) in [6, 6.07) is 3.59. The SMILES string of the molecule is OCCn1cc(CNc2ccc(Cl)c(C(F)(F)F)c2)nn1. The summed E-state index contributed by atoms with van der Waals surface area (Å²) in [5.41, 5.74) is -0.0616. The number of hydrogen-bond donors (Lipinski definition) is 2. The van der Waals surface area contributed by atoms with Crippen LogP contribution in [-0.4, -0.2) is 26.7 Å². The normalized spacial score (nSPS) is 11.7. The van der Waals surface area contributed by atoms with Crippen LogP contribution in [0, 0.1) is 0 Å². The van der Waals surface area contributed by atoms with E-state index in [0.29, 0.717) is 12.2 Å². The van der Waals surface area contributed by atoms with Crippen LogP contribution in [0.2, 0.25) is 5.02 Å². The van der Waals surface area contributed by atoms with Crippen molar-refractivity contribution in [2.24, 2.45) is 0 Å². The van der Waals surface area contributed by atoms with Crippen LogP contribution in [0.15, 0.2) is 24.4 Å². The molecule has 0 aliphatic heterocycles. The minimum atomic E-state index is -4.50. The number of nitrogens with zero attached hydrogens (tertiary/aromatic N) is 3. The molecule has 0 fully saturated rings. The van der Waals surface area contributed by atoms with E-state index in [-0.39, 0.29) is 23.9 Å². The number of halogens is 4. The first-order valence-corrected chi connectivity index (χ1v) is 6.38. The molecule has 0 atom stereocenters. The number of anilines is 1. The number of aromatic nitrogens is 3. The number of benzene rings is 1. The molecule has 0 spiro atoms. The molecule has 0 saturated heterocycles. The van der Waals surface area contributed by atoms with Gasteiger partial charge in [0.1, 0.15) is 5.69 Å². The van der Waals surface area contributed by atoms with Crippen molar-refractivity contribution in [1.29, 1.82) is 0 Å². The van der Waals surface area contributed by atoms with Crippen molar-refractivity contribution in [3.63, 3.8) is 0 Å². The van der Waals surface area contributed by atoms with Gasteiger partial charge in [-0.25, -0.2) is 4.68 Å². The Bertz CT molecular complexity index is 615. The zero-order valence-electron chi connectivity index (χ0n) is 10.7. The second-order valence-electron chi connectivity index (χ2n) is 4.24. The lowest BCUT2D eigenvalue weighted by Crippen LogP contribution is -2.07. The highest BCUT2D eigenvalue weighted by Crippen LogP contribution is 2.36. The van der Waals surface area contributed by atoms with Gasteiger partial charge in [-0.3, -0.25) is 0 Å². The molecule has 9 heteroatoms.